The molecule has 0 spiro atoms. The average Bonchev–Trinajstić information content (AvgIpc) is 2.88. The molecule has 1 aromatic rings. The summed E-state index contributed by atoms with van der Waals surface area (Å²) in [5, 5.41) is 5.43. The summed E-state index contributed by atoms with van der Waals surface area (Å²) in [6.45, 7) is 9.53. The lowest BCUT2D eigenvalue weighted by Crippen LogP contribution is -2.52. The first-order valence-electron chi connectivity index (χ1n) is 8.59. The Morgan fingerprint density at radius 1 is 1.20 bits per heavy atom. The summed E-state index contributed by atoms with van der Waals surface area (Å²) < 4.78 is 0. The number of amides is 3. The van der Waals surface area contributed by atoms with Crippen molar-refractivity contribution < 1.29 is 14.4 Å². The first kappa shape index (κ1) is 19.0. The number of nitrogens with zero attached hydrogens (tertiary/aromatic N) is 1. The van der Waals surface area contributed by atoms with Crippen LogP contribution in [0.15, 0.2) is 24.3 Å². The van der Waals surface area contributed by atoms with Crippen LogP contribution < -0.4 is 15.5 Å². The molecule has 1 aliphatic heterocycles. The summed E-state index contributed by atoms with van der Waals surface area (Å²) in [6, 6.07) is 6.49. The van der Waals surface area contributed by atoms with Crippen molar-refractivity contribution in [2.75, 3.05) is 11.4 Å². The zero-order valence-electron chi connectivity index (χ0n) is 15.6. The number of aryl methyl sites for hydroxylation is 1. The van der Waals surface area contributed by atoms with E-state index in [1.807, 2.05) is 31.2 Å². The quantitative estimate of drug-likeness (QED) is 0.873. The number of carbonyl (C=O) groups excluding carboxylic acids is 3. The lowest BCUT2D eigenvalue weighted by Gasteiger charge is -2.22. The maximum atomic E-state index is 12.6. The fourth-order valence-electron chi connectivity index (χ4n) is 2.57. The maximum Gasteiger partial charge on any atom is 0.249 e. The van der Waals surface area contributed by atoms with Gasteiger partial charge in [0.15, 0.2) is 0 Å². The van der Waals surface area contributed by atoms with E-state index in [1.54, 1.807) is 32.6 Å². The van der Waals surface area contributed by atoms with Gasteiger partial charge in [-0.2, -0.15) is 0 Å². The van der Waals surface area contributed by atoms with Gasteiger partial charge < -0.3 is 15.5 Å². The van der Waals surface area contributed by atoms with E-state index >= 15 is 0 Å². The first-order chi connectivity index (χ1) is 11.6. The number of hydrogen-bond donors (Lipinski definition) is 2. The van der Waals surface area contributed by atoms with E-state index in [0.717, 1.165) is 11.3 Å². The Morgan fingerprint density at radius 3 is 2.36 bits per heavy atom. The Morgan fingerprint density at radius 2 is 1.80 bits per heavy atom. The minimum absolute atomic E-state index is 0.119. The minimum atomic E-state index is -0.687. The molecule has 1 aromatic carbocycles. The Kier molecular flexibility index (Phi) is 5.50. The van der Waals surface area contributed by atoms with Crippen molar-refractivity contribution >= 4 is 23.4 Å². The molecule has 1 fully saturated rings. The summed E-state index contributed by atoms with van der Waals surface area (Å²) in [5.41, 5.74) is 1.39. The van der Waals surface area contributed by atoms with Crippen LogP contribution in [0.5, 0.6) is 0 Å². The summed E-state index contributed by atoms with van der Waals surface area (Å²) in [5.74, 6) is -0.664. The van der Waals surface area contributed by atoms with Crippen molar-refractivity contribution in [3.8, 4) is 0 Å². The highest BCUT2D eigenvalue weighted by Crippen LogP contribution is 2.22. The van der Waals surface area contributed by atoms with Gasteiger partial charge in [-0.05, 0) is 32.4 Å². The second-order valence-electron chi connectivity index (χ2n) is 7.62. The third-order valence-electron chi connectivity index (χ3n) is 4.29. The number of nitrogens with one attached hydrogen (secondary N) is 2. The van der Waals surface area contributed by atoms with Crippen LogP contribution in [0.25, 0.3) is 0 Å². The number of benzene rings is 1. The fourth-order valence-corrected chi connectivity index (χ4v) is 2.57. The van der Waals surface area contributed by atoms with Crippen LogP contribution in [0.4, 0.5) is 5.69 Å². The molecule has 2 N–H and O–H groups in total. The molecule has 136 valence electrons. The van der Waals surface area contributed by atoms with Gasteiger partial charge in [0.25, 0.3) is 0 Å². The van der Waals surface area contributed by atoms with Crippen LogP contribution >= 0.6 is 0 Å². The Hall–Kier alpha value is -2.37. The van der Waals surface area contributed by atoms with Crippen LogP contribution in [0.3, 0.4) is 0 Å². The topological polar surface area (TPSA) is 78.5 Å². The number of carbonyl (C=O) groups is 3. The average molecular weight is 345 g/mol. The van der Waals surface area contributed by atoms with E-state index in [-0.39, 0.29) is 17.7 Å². The summed E-state index contributed by atoms with van der Waals surface area (Å²) in [4.78, 5) is 38.5. The van der Waals surface area contributed by atoms with Gasteiger partial charge in [-0.15, -0.1) is 0 Å². The zero-order valence-corrected chi connectivity index (χ0v) is 15.6. The Labute approximate surface area is 149 Å². The number of hydrogen-bond acceptors (Lipinski definition) is 3. The van der Waals surface area contributed by atoms with Gasteiger partial charge in [0.2, 0.25) is 17.7 Å². The first-order valence-corrected chi connectivity index (χ1v) is 8.59. The lowest BCUT2D eigenvalue weighted by molar-refractivity contribution is -0.133. The SMILES string of the molecule is Cc1ccc(N2CCC(NC(=O)C(C)NC(=O)C(C)(C)C)C2=O)cc1. The van der Waals surface area contributed by atoms with Crippen LogP contribution in [0.2, 0.25) is 0 Å². The summed E-state index contributed by atoms with van der Waals surface area (Å²) >= 11 is 0. The van der Waals surface area contributed by atoms with Gasteiger partial charge in [0, 0.05) is 17.6 Å². The second-order valence-corrected chi connectivity index (χ2v) is 7.62. The molecule has 2 unspecified atom stereocenters. The van der Waals surface area contributed by atoms with Crippen molar-refractivity contribution in [2.24, 2.45) is 5.41 Å². The molecule has 0 aliphatic carbocycles. The van der Waals surface area contributed by atoms with Gasteiger partial charge in [-0.1, -0.05) is 38.5 Å². The molecule has 0 saturated carbocycles. The third-order valence-corrected chi connectivity index (χ3v) is 4.29. The van der Waals surface area contributed by atoms with Crippen LogP contribution in [0.1, 0.15) is 39.7 Å². The standard InChI is InChI=1S/C19H27N3O3/c1-12-6-8-14(9-7-12)22-11-10-15(17(22)24)21-16(23)13(2)20-18(25)19(3,4)5/h6-9,13,15H,10-11H2,1-5H3,(H,20,25)(H,21,23). The molecule has 1 heterocycles. The molecule has 1 saturated heterocycles. The normalized spacial score (nSPS) is 18.8. The highest BCUT2D eigenvalue weighted by Gasteiger charge is 2.35. The second kappa shape index (κ2) is 7.25. The lowest BCUT2D eigenvalue weighted by atomic mass is 9.95. The van der Waals surface area contributed by atoms with E-state index in [4.69, 9.17) is 0 Å². The molecule has 2 rings (SSSR count). The molecular formula is C19H27N3O3. The predicted octanol–water partition coefficient (Wildman–Crippen LogP) is 1.77. The van der Waals surface area contributed by atoms with E-state index in [0.29, 0.717) is 13.0 Å². The van der Waals surface area contributed by atoms with Crippen molar-refractivity contribution in [3.05, 3.63) is 29.8 Å². The Bertz CT molecular complexity index is 661. The van der Waals surface area contributed by atoms with Gasteiger partial charge in [-0.3, -0.25) is 14.4 Å². The molecule has 6 nitrogen and oxygen atoms in total. The molecule has 3 amide bonds. The van der Waals surface area contributed by atoms with E-state index in [1.165, 1.54) is 0 Å². The van der Waals surface area contributed by atoms with Crippen molar-refractivity contribution in [1.29, 1.82) is 0 Å². The largest absolute Gasteiger partial charge is 0.344 e. The molecule has 6 heteroatoms. The van der Waals surface area contributed by atoms with Gasteiger partial charge in [0.1, 0.15) is 12.1 Å². The Balaban J connectivity index is 1.95. The summed E-state index contributed by atoms with van der Waals surface area (Å²) in [7, 11) is 0. The van der Waals surface area contributed by atoms with E-state index < -0.39 is 17.5 Å². The number of rotatable bonds is 4. The fraction of sp³-hybridized carbons (Fsp3) is 0.526. The van der Waals surface area contributed by atoms with Crippen molar-refractivity contribution in [3.63, 3.8) is 0 Å². The molecule has 2 atom stereocenters. The maximum absolute atomic E-state index is 12.6. The molecule has 0 radical (unpaired) electrons. The molecule has 1 aliphatic rings. The molecular weight excluding hydrogens is 318 g/mol. The third kappa shape index (κ3) is 4.59. The number of anilines is 1. The van der Waals surface area contributed by atoms with Crippen LogP contribution in [0, 0.1) is 12.3 Å². The van der Waals surface area contributed by atoms with Gasteiger partial charge >= 0.3 is 0 Å². The molecule has 0 bridgehead atoms. The van der Waals surface area contributed by atoms with Crippen LogP contribution in [-0.2, 0) is 14.4 Å². The van der Waals surface area contributed by atoms with E-state index in [9.17, 15) is 14.4 Å². The van der Waals surface area contributed by atoms with Crippen molar-refractivity contribution in [2.45, 2.75) is 53.1 Å². The monoisotopic (exact) mass is 345 g/mol. The van der Waals surface area contributed by atoms with Crippen LogP contribution in [-0.4, -0.2) is 36.3 Å². The predicted molar refractivity (Wildman–Crippen MR) is 97.1 cm³/mol. The highest BCUT2D eigenvalue weighted by atomic mass is 16.2. The minimum Gasteiger partial charge on any atom is -0.344 e. The molecule has 0 aromatic heterocycles. The summed E-state index contributed by atoms with van der Waals surface area (Å²) in [6.07, 6.45) is 0.554. The van der Waals surface area contributed by atoms with Crippen molar-refractivity contribution in [1.82, 2.24) is 10.6 Å². The highest BCUT2D eigenvalue weighted by molar-refractivity contribution is 6.02. The van der Waals surface area contributed by atoms with Gasteiger partial charge in [0.05, 0.1) is 0 Å². The van der Waals surface area contributed by atoms with E-state index in [2.05, 4.69) is 10.6 Å². The van der Waals surface area contributed by atoms with Gasteiger partial charge in [-0.25, -0.2) is 0 Å². The zero-order chi connectivity index (χ0) is 18.8. The smallest absolute Gasteiger partial charge is 0.249 e. The molecule has 25 heavy (non-hydrogen) atoms.